The number of anilines is 1. The molecule has 1 unspecified atom stereocenters. The van der Waals surface area contributed by atoms with Crippen LogP contribution >= 0.6 is 0 Å². The Morgan fingerprint density at radius 3 is 2.79 bits per heavy atom. The molecule has 106 valence electrons. The van der Waals surface area contributed by atoms with Crippen molar-refractivity contribution in [2.45, 2.75) is 27.2 Å². The predicted octanol–water partition coefficient (Wildman–Crippen LogP) is 3.61. The lowest BCUT2D eigenvalue weighted by molar-refractivity contribution is 0.232. The van der Waals surface area contributed by atoms with E-state index >= 15 is 0 Å². The van der Waals surface area contributed by atoms with Crippen LogP contribution in [0.3, 0.4) is 0 Å². The average Bonchev–Trinajstić information content (AvgIpc) is 2.77. The highest BCUT2D eigenvalue weighted by atomic mass is 19.1. The monoisotopic (exact) mass is 264 g/mol. The van der Waals surface area contributed by atoms with E-state index in [0.717, 1.165) is 24.7 Å². The van der Waals surface area contributed by atoms with E-state index in [2.05, 4.69) is 31.0 Å². The molecule has 2 nitrogen and oxygen atoms in total. The highest BCUT2D eigenvalue weighted by Gasteiger charge is 2.31. The summed E-state index contributed by atoms with van der Waals surface area (Å²) in [4.78, 5) is 2.50. The normalized spacial score (nSPS) is 20.7. The summed E-state index contributed by atoms with van der Waals surface area (Å²) in [7, 11) is 0. The minimum atomic E-state index is -0.182. The van der Waals surface area contributed by atoms with Crippen LogP contribution in [0.4, 0.5) is 10.1 Å². The smallest absolute Gasteiger partial charge is 0.125 e. The van der Waals surface area contributed by atoms with E-state index in [1.165, 1.54) is 25.6 Å². The Labute approximate surface area is 116 Å². The number of nitrogens with one attached hydrogen (secondary N) is 1. The maximum absolute atomic E-state index is 13.0. The molecule has 1 aromatic rings. The third kappa shape index (κ3) is 4.20. The van der Waals surface area contributed by atoms with Crippen molar-refractivity contribution in [2.75, 3.05) is 31.5 Å². The van der Waals surface area contributed by atoms with Crippen LogP contribution in [0.25, 0.3) is 0 Å². The van der Waals surface area contributed by atoms with Gasteiger partial charge in [-0.15, -0.1) is 0 Å². The van der Waals surface area contributed by atoms with Crippen molar-refractivity contribution in [2.24, 2.45) is 11.3 Å². The fraction of sp³-hybridized carbons (Fsp3) is 0.625. The minimum absolute atomic E-state index is 0.182. The van der Waals surface area contributed by atoms with Crippen LogP contribution in [0.1, 0.15) is 27.2 Å². The van der Waals surface area contributed by atoms with Gasteiger partial charge in [0.15, 0.2) is 0 Å². The van der Waals surface area contributed by atoms with Crippen molar-refractivity contribution in [1.29, 1.82) is 0 Å². The molecular weight excluding hydrogens is 239 g/mol. The summed E-state index contributed by atoms with van der Waals surface area (Å²) in [6.07, 6.45) is 1.30. The molecule has 0 spiro atoms. The molecule has 1 heterocycles. The maximum Gasteiger partial charge on any atom is 0.125 e. The number of nitrogens with zero attached hydrogens (tertiary/aromatic N) is 1. The Kier molecular flexibility index (Phi) is 4.46. The highest BCUT2D eigenvalue weighted by molar-refractivity contribution is 5.42. The van der Waals surface area contributed by atoms with Crippen molar-refractivity contribution < 1.29 is 4.39 Å². The molecule has 1 N–H and O–H groups in total. The Hall–Kier alpha value is -1.09. The second kappa shape index (κ2) is 5.91. The molecular formula is C16H25FN2. The van der Waals surface area contributed by atoms with Gasteiger partial charge in [0.2, 0.25) is 0 Å². The summed E-state index contributed by atoms with van der Waals surface area (Å²) in [6, 6.07) is 6.66. The Balaban J connectivity index is 1.73. The molecule has 2 rings (SSSR count). The van der Waals surface area contributed by atoms with Gasteiger partial charge in [0, 0.05) is 25.3 Å². The summed E-state index contributed by atoms with van der Waals surface area (Å²) in [5, 5.41) is 3.28. The van der Waals surface area contributed by atoms with Crippen LogP contribution in [0.2, 0.25) is 0 Å². The van der Waals surface area contributed by atoms with Crippen molar-refractivity contribution in [3.8, 4) is 0 Å². The zero-order chi connectivity index (χ0) is 13.9. The summed E-state index contributed by atoms with van der Waals surface area (Å²) in [6.45, 7) is 11.3. The van der Waals surface area contributed by atoms with Crippen LogP contribution in [-0.4, -0.2) is 31.1 Å². The van der Waals surface area contributed by atoms with Crippen LogP contribution in [0, 0.1) is 17.2 Å². The molecule has 1 aromatic carbocycles. The van der Waals surface area contributed by atoms with Gasteiger partial charge in [-0.3, -0.25) is 0 Å². The van der Waals surface area contributed by atoms with E-state index in [9.17, 15) is 4.39 Å². The van der Waals surface area contributed by atoms with Gasteiger partial charge in [0.1, 0.15) is 5.82 Å². The van der Waals surface area contributed by atoms with Gasteiger partial charge >= 0.3 is 0 Å². The number of hydrogen-bond acceptors (Lipinski definition) is 2. The lowest BCUT2D eigenvalue weighted by atomic mass is 9.80. The van der Waals surface area contributed by atoms with Gasteiger partial charge in [-0.1, -0.05) is 26.8 Å². The number of benzene rings is 1. The second-order valence-electron chi connectivity index (χ2n) is 6.59. The highest BCUT2D eigenvalue weighted by Crippen LogP contribution is 2.33. The molecule has 0 saturated carbocycles. The zero-order valence-electron chi connectivity index (χ0n) is 12.2. The molecule has 0 aliphatic carbocycles. The third-order valence-corrected chi connectivity index (χ3v) is 4.08. The molecule has 1 fully saturated rings. The maximum atomic E-state index is 13.0. The number of rotatable bonds is 4. The molecule has 1 aliphatic heterocycles. The number of hydrogen-bond donors (Lipinski definition) is 1. The lowest BCUT2D eigenvalue weighted by Crippen LogP contribution is -2.29. The minimum Gasteiger partial charge on any atom is -0.384 e. The number of likely N-dealkylation sites (tertiary alicyclic amines) is 1. The molecule has 0 bridgehead atoms. The largest absolute Gasteiger partial charge is 0.384 e. The Morgan fingerprint density at radius 2 is 2.16 bits per heavy atom. The first-order valence-corrected chi connectivity index (χ1v) is 7.17. The van der Waals surface area contributed by atoms with Gasteiger partial charge in [-0.2, -0.15) is 0 Å². The summed E-state index contributed by atoms with van der Waals surface area (Å²) >= 11 is 0. The van der Waals surface area contributed by atoms with Crippen LogP contribution < -0.4 is 5.32 Å². The van der Waals surface area contributed by atoms with E-state index in [1.54, 1.807) is 12.1 Å². The first-order chi connectivity index (χ1) is 8.95. The molecule has 0 amide bonds. The summed E-state index contributed by atoms with van der Waals surface area (Å²) in [5.41, 5.74) is 1.27. The molecule has 19 heavy (non-hydrogen) atoms. The molecule has 3 heteroatoms. The van der Waals surface area contributed by atoms with E-state index in [1.807, 2.05) is 6.07 Å². The van der Waals surface area contributed by atoms with E-state index in [4.69, 9.17) is 0 Å². The molecule has 0 radical (unpaired) electrons. The van der Waals surface area contributed by atoms with Crippen molar-refractivity contribution >= 4 is 5.69 Å². The zero-order valence-corrected chi connectivity index (χ0v) is 12.2. The van der Waals surface area contributed by atoms with Gasteiger partial charge < -0.3 is 10.2 Å². The van der Waals surface area contributed by atoms with Gasteiger partial charge in [-0.05, 0) is 42.5 Å². The standard InChI is InChI=1S/C16H25FN2/c1-16(2,3)13-7-9-19(12-13)10-8-18-15-6-4-5-14(17)11-15/h4-6,11,13,18H,7-10,12H2,1-3H3. The fourth-order valence-electron chi connectivity index (χ4n) is 2.70. The second-order valence-corrected chi connectivity index (χ2v) is 6.59. The van der Waals surface area contributed by atoms with Crippen LogP contribution in [0.15, 0.2) is 24.3 Å². The topological polar surface area (TPSA) is 15.3 Å². The summed E-state index contributed by atoms with van der Waals surface area (Å²) in [5.74, 6) is 0.612. The third-order valence-electron chi connectivity index (χ3n) is 4.08. The Bertz CT molecular complexity index is 411. The van der Waals surface area contributed by atoms with Crippen molar-refractivity contribution in [3.63, 3.8) is 0 Å². The summed E-state index contributed by atoms with van der Waals surface area (Å²) < 4.78 is 13.0. The average molecular weight is 264 g/mol. The van der Waals surface area contributed by atoms with Crippen LogP contribution in [-0.2, 0) is 0 Å². The quantitative estimate of drug-likeness (QED) is 0.893. The first kappa shape index (κ1) is 14.3. The van der Waals surface area contributed by atoms with Gasteiger partial charge in [-0.25, -0.2) is 4.39 Å². The molecule has 1 atom stereocenters. The SMILES string of the molecule is CC(C)(C)C1CCN(CCNc2cccc(F)c2)C1. The molecule has 1 saturated heterocycles. The van der Waals surface area contributed by atoms with Gasteiger partial charge in [0.25, 0.3) is 0 Å². The predicted molar refractivity (Wildman–Crippen MR) is 78.9 cm³/mol. The van der Waals surface area contributed by atoms with Crippen molar-refractivity contribution in [1.82, 2.24) is 4.90 Å². The molecule has 1 aliphatic rings. The van der Waals surface area contributed by atoms with Gasteiger partial charge in [0.05, 0.1) is 0 Å². The lowest BCUT2D eigenvalue weighted by Gasteiger charge is -2.27. The first-order valence-electron chi connectivity index (χ1n) is 7.17. The number of halogens is 1. The fourth-order valence-corrected chi connectivity index (χ4v) is 2.70. The Morgan fingerprint density at radius 1 is 1.37 bits per heavy atom. The van der Waals surface area contributed by atoms with E-state index in [-0.39, 0.29) is 5.82 Å². The van der Waals surface area contributed by atoms with E-state index in [0.29, 0.717) is 5.41 Å². The van der Waals surface area contributed by atoms with E-state index < -0.39 is 0 Å². The van der Waals surface area contributed by atoms with Crippen molar-refractivity contribution in [3.05, 3.63) is 30.1 Å². The van der Waals surface area contributed by atoms with Crippen LogP contribution in [0.5, 0.6) is 0 Å². The molecule has 0 aromatic heterocycles.